The molecule has 1 N–H and O–H groups in total. The van der Waals surface area contributed by atoms with Gasteiger partial charge >= 0.3 is 0 Å². The van der Waals surface area contributed by atoms with E-state index < -0.39 is 0 Å². The van der Waals surface area contributed by atoms with Crippen molar-refractivity contribution < 1.29 is 4.79 Å². The van der Waals surface area contributed by atoms with Crippen LogP contribution in [0.25, 0.3) is 10.9 Å². The Hall–Kier alpha value is -1.81. The number of H-pyrrole nitrogens is 1. The number of benzene rings is 1. The topological polar surface area (TPSA) is 39.3 Å². The Labute approximate surface area is 113 Å². The molecule has 2 aromatic rings. The smallest absolute Gasteiger partial charge is 0.256 e. The average molecular weight is 256 g/mol. The zero-order valence-electron chi connectivity index (χ0n) is 11.1. The predicted molar refractivity (Wildman–Crippen MR) is 75.2 cm³/mol. The van der Waals surface area contributed by atoms with Crippen LogP contribution in [0.1, 0.15) is 16.8 Å². The van der Waals surface area contributed by atoms with Gasteiger partial charge < -0.3 is 14.8 Å². The van der Waals surface area contributed by atoms with E-state index in [0.29, 0.717) is 0 Å². The number of hydrogen-bond acceptors (Lipinski definition) is 2. The van der Waals surface area contributed by atoms with Crippen LogP contribution >= 0.6 is 0 Å². The molecule has 0 spiro atoms. The number of aromatic amines is 1. The van der Waals surface area contributed by atoms with E-state index in [9.17, 15) is 4.79 Å². The zero-order chi connectivity index (χ0) is 13.2. The first-order chi connectivity index (χ1) is 9.25. The second-order valence-electron chi connectivity index (χ2n) is 5.11. The van der Waals surface area contributed by atoms with Gasteiger partial charge in [0.25, 0.3) is 5.91 Å². The van der Waals surface area contributed by atoms with Crippen molar-refractivity contribution in [2.75, 3.05) is 33.2 Å². The molecule has 1 saturated heterocycles. The van der Waals surface area contributed by atoms with E-state index in [2.05, 4.69) is 23.0 Å². The Morgan fingerprint density at radius 2 is 2.16 bits per heavy atom. The molecule has 1 fully saturated rings. The number of hydrogen-bond donors (Lipinski definition) is 1. The lowest BCUT2D eigenvalue weighted by Gasteiger charge is -2.20. The Morgan fingerprint density at radius 1 is 1.26 bits per heavy atom. The molecule has 0 bridgehead atoms. The first kappa shape index (κ1) is 12.2. The number of nitrogens with one attached hydrogen (secondary N) is 1. The number of rotatable bonds is 1. The SMILES string of the molecule is CN1CCCN(C(=O)c2cccc3[c]c[nH]c23)CC1. The third kappa shape index (κ3) is 2.36. The minimum absolute atomic E-state index is 0.122. The molecule has 1 amide bonds. The van der Waals surface area contributed by atoms with E-state index in [-0.39, 0.29) is 5.91 Å². The lowest BCUT2D eigenvalue weighted by atomic mass is 10.1. The monoisotopic (exact) mass is 256 g/mol. The second-order valence-corrected chi connectivity index (χ2v) is 5.11. The number of carbonyl (C=O) groups excluding carboxylic acids is 1. The van der Waals surface area contributed by atoms with Gasteiger partial charge in [0.15, 0.2) is 0 Å². The number of aromatic nitrogens is 1. The van der Waals surface area contributed by atoms with Crippen molar-refractivity contribution >= 4 is 16.8 Å². The van der Waals surface area contributed by atoms with Gasteiger partial charge in [-0.3, -0.25) is 4.79 Å². The molecule has 4 heteroatoms. The van der Waals surface area contributed by atoms with Gasteiger partial charge in [0.1, 0.15) is 0 Å². The summed E-state index contributed by atoms with van der Waals surface area (Å²) in [6.45, 7) is 3.64. The maximum absolute atomic E-state index is 12.6. The molecule has 1 aromatic heterocycles. The van der Waals surface area contributed by atoms with Gasteiger partial charge in [0.05, 0.1) is 11.1 Å². The van der Waals surface area contributed by atoms with Gasteiger partial charge in [-0.25, -0.2) is 0 Å². The molecule has 1 aliphatic rings. The van der Waals surface area contributed by atoms with Gasteiger partial charge in [-0.2, -0.15) is 0 Å². The zero-order valence-corrected chi connectivity index (χ0v) is 11.1. The largest absolute Gasteiger partial charge is 0.360 e. The van der Waals surface area contributed by atoms with Gasteiger partial charge in [0, 0.05) is 37.3 Å². The first-order valence-electron chi connectivity index (χ1n) is 6.71. The fourth-order valence-corrected chi connectivity index (χ4v) is 2.61. The minimum Gasteiger partial charge on any atom is -0.360 e. The highest BCUT2D eigenvalue weighted by Crippen LogP contribution is 2.18. The van der Waals surface area contributed by atoms with Crippen molar-refractivity contribution in [2.24, 2.45) is 0 Å². The van der Waals surface area contributed by atoms with Gasteiger partial charge in [-0.1, -0.05) is 12.1 Å². The van der Waals surface area contributed by atoms with Crippen LogP contribution in [0.4, 0.5) is 0 Å². The molecule has 1 radical (unpaired) electrons. The quantitative estimate of drug-likeness (QED) is 0.844. The molecule has 0 saturated carbocycles. The van der Waals surface area contributed by atoms with Crippen LogP contribution in [-0.4, -0.2) is 53.9 Å². The summed E-state index contributed by atoms with van der Waals surface area (Å²) in [6.07, 6.45) is 2.80. The predicted octanol–water partition coefficient (Wildman–Crippen LogP) is 1.75. The van der Waals surface area contributed by atoms with Crippen LogP contribution < -0.4 is 0 Å². The van der Waals surface area contributed by atoms with E-state index in [0.717, 1.165) is 49.1 Å². The van der Waals surface area contributed by atoms with Gasteiger partial charge in [-0.15, -0.1) is 0 Å². The summed E-state index contributed by atoms with van der Waals surface area (Å²) in [4.78, 5) is 20.0. The van der Waals surface area contributed by atoms with E-state index in [1.54, 1.807) is 6.20 Å². The highest BCUT2D eigenvalue weighted by Gasteiger charge is 2.20. The number of amides is 1. The molecule has 1 aliphatic heterocycles. The molecule has 2 heterocycles. The summed E-state index contributed by atoms with van der Waals surface area (Å²) in [5.74, 6) is 0.122. The Morgan fingerprint density at radius 3 is 3.05 bits per heavy atom. The molecule has 99 valence electrons. The first-order valence-corrected chi connectivity index (χ1v) is 6.71. The van der Waals surface area contributed by atoms with E-state index >= 15 is 0 Å². The maximum Gasteiger partial charge on any atom is 0.256 e. The fourth-order valence-electron chi connectivity index (χ4n) is 2.61. The summed E-state index contributed by atoms with van der Waals surface area (Å²) in [5, 5.41) is 0.970. The summed E-state index contributed by atoms with van der Waals surface area (Å²) in [5.41, 5.74) is 1.65. The molecule has 4 nitrogen and oxygen atoms in total. The van der Waals surface area contributed by atoms with E-state index in [4.69, 9.17) is 0 Å². The van der Waals surface area contributed by atoms with Crippen LogP contribution in [0.5, 0.6) is 0 Å². The van der Waals surface area contributed by atoms with Crippen molar-refractivity contribution in [1.29, 1.82) is 0 Å². The molecular weight excluding hydrogens is 238 g/mol. The Bertz CT molecular complexity index is 590. The van der Waals surface area contributed by atoms with Crippen LogP contribution in [0.3, 0.4) is 0 Å². The van der Waals surface area contributed by atoms with Crippen molar-refractivity contribution in [1.82, 2.24) is 14.8 Å². The third-order valence-corrected chi connectivity index (χ3v) is 3.75. The van der Waals surface area contributed by atoms with Crippen LogP contribution in [0.15, 0.2) is 24.4 Å². The van der Waals surface area contributed by atoms with Gasteiger partial charge in [-0.05, 0) is 26.1 Å². The molecule has 0 aliphatic carbocycles. The molecule has 0 unspecified atom stereocenters. The lowest BCUT2D eigenvalue weighted by molar-refractivity contribution is 0.0764. The summed E-state index contributed by atoms with van der Waals surface area (Å²) in [6, 6.07) is 8.89. The number of carbonyl (C=O) groups is 1. The minimum atomic E-state index is 0.122. The second kappa shape index (κ2) is 5.05. The fraction of sp³-hybridized carbons (Fsp3) is 0.400. The number of nitrogens with zero attached hydrogens (tertiary/aromatic N) is 2. The molecular formula is C15H18N3O. The maximum atomic E-state index is 12.6. The van der Waals surface area contributed by atoms with Crippen molar-refractivity contribution in [3.8, 4) is 0 Å². The van der Waals surface area contributed by atoms with Crippen molar-refractivity contribution in [2.45, 2.75) is 6.42 Å². The normalized spacial score (nSPS) is 17.6. The molecule has 0 atom stereocenters. The van der Waals surface area contributed by atoms with E-state index in [1.165, 1.54) is 0 Å². The van der Waals surface area contributed by atoms with Crippen molar-refractivity contribution in [3.05, 3.63) is 36.0 Å². The third-order valence-electron chi connectivity index (χ3n) is 3.75. The number of para-hydroxylation sites is 1. The number of likely N-dealkylation sites (N-methyl/N-ethyl adjacent to an activating group) is 1. The van der Waals surface area contributed by atoms with Crippen LogP contribution in [0.2, 0.25) is 0 Å². The Balaban J connectivity index is 1.89. The van der Waals surface area contributed by atoms with Crippen molar-refractivity contribution in [3.63, 3.8) is 0 Å². The summed E-state index contributed by atoms with van der Waals surface area (Å²) < 4.78 is 0. The highest BCUT2D eigenvalue weighted by atomic mass is 16.2. The van der Waals surface area contributed by atoms with Gasteiger partial charge in [0.2, 0.25) is 0 Å². The molecule has 1 aromatic carbocycles. The Kier molecular flexibility index (Phi) is 3.25. The summed E-state index contributed by atoms with van der Waals surface area (Å²) >= 11 is 0. The lowest BCUT2D eigenvalue weighted by Crippen LogP contribution is -2.34. The molecule has 19 heavy (non-hydrogen) atoms. The highest BCUT2D eigenvalue weighted by molar-refractivity contribution is 6.05. The standard InChI is InChI=1S/C15H18N3O/c1-17-8-3-9-18(11-10-17)15(19)13-5-2-4-12-6-7-16-14(12)13/h2,4-5,7,16H,3,8-11H2,1H3. The molecule has 3 rings (SSSR count). The number of fused-ring (bicyclic) bond motifs is 1. The van der Waals surface area contributed by atoms with Crippen LogP contribution in [-0.2, 0) is 0 Å². The average Bonchev–Trinajstić information content (AvgIpc) is 2.80. The summed E-state index contributed by atoms with van der Waals surface area (Å²) in [7, 11) is 2.11. The van der Waals surface area contributed by atoms with Crippen LogP contribution in [0, 0.1) is 6.07 Å². The van der Waals surface area contributed by atoms with E-state index in [1.807, 2.05) is 23.1 Å².